The molecule has 0 atom stereocenters. The third-order valence-electron chi connectivity index (χ3n) is 4.97. The van der Waals surface area contributed by atoms with Crippen LogP contribution in [0.5, 0.6) is 0 Å². The average molecular weight is 425 g/mol. The van der Waals surface area contributed by atoms with Gasteiger partial charge in [0.05, 0.1) is 22.8 Å². The molecule has 7 nitrogen and oxygen atoms in total. The van der Waals surface area contributed by atoms with Gasteiger partial charge in [0, 0.05) is 5.69 Å². The summed E-state index contributed by atoms with van der Waals surface area (Å²) in [4.78, 5) is 29.6. The summed E-state index contributed by atoms with van der Waals surface area (Å²) in [5, 5.41) is 7.44. The van der Waals surface area contributed by atoms with Gasteiger partial charge in [-0.15, -0.1) is 0 Å². The summed E-state index contributed by atoms with van der Waals surface area (Å²) in [5.41, 5.74) is 6.73. The van der Waals surface area contributed by atoms with Crippen molar-refractivity contribution in [3.05, 3.63) is 100 Å². The second-order valence-corrected chi connectivity index (χ2v) is 7.42. The van der Waals surface area contributed by atoms with E-state index in [0.717, 1.165) is 5.56 Å². The highest BCUT2D eigenvalue weighted by Crippen LogP contribution is 2.15. The quantitative estimate of drug-likeness (QED) is 0.365. The lowest BCUT2D eigenvalue weighted by molar-refractivity contribution is -0.115. The highest BCUT2D eigenvalue weighted by molar-refractivity contribution is 5.92. The molecule has 0 saturated carbocycles. The third-order valence-corrected chi connectivity index (χ3v) is 4.97. The van der Waals surface area contributed by atoms with E-state index in [1.165, 1.54) is 5.56 Å². The summed E-state index contributed by atoms with van der Waals surface area (Å²) in [5.74, 6) is 0.376. The summed E-state index contributed by atoms with van der Waals surface area (Å²) < 4.78 is 1.56. The molecule has 0 bridgehead atoms. The summed E-state index contributed by atoms with van der Waals surface area (Å²) in [7, 11) is 0. The minimum Gasteiger partial charge on any atom is -0.325 e. The van der Waals surface area contributed by atoms with Gasteiger partial charge in [-0.05, 0) is 55.8 Å². The van der Waals surface area contributed by atoms with E-state index in [4.69, 9.17) is 0 Å². The number of aryl methyl sites for hydroxylation is 2. The first-order valence-corrected chi connectivity index (χ1v) is 10.2. The molecule has 4 aromatic rings. The van der Waals surface area contributed by atoms with Crippen molar-refractivity contribution < 1.29 is 4.79 Å². The van der Waals surface area contributed by atoms with Crippen LogP contribution in [-0.4, -0.2) is 28.2 Å². The molecular formula is C25H23N5O2. The molecule has 160 valence electrons. The summed E-state index contributed by atoms with van der Waals surface area (Å²) >= 11 is 0. The number of amides is 1. The molecule has 1 heterocycles. The van der Waals surface area contributed by atoms with E-state index in [2.05, 4.69) is 20.8 Å². The van der Waals surface area contributed by atoms with Crippen LogP contribution >= 0.6 is 0 Å². The molecule has 0 spiro atoms. The summed E-state index contributed by atoms with van der Waals surface area (Å²) in [6, 6.07) is 22.3. The van der Waals surface area contributed by atoms with Crippen LogP contribution in [0.1, 0.15) is 17.0 Å². The minimum absolute atomic E-state index is 0.0390. The van der Waals surface area contributed by atoms with E-state index in [9.17, 15) is 9.59 Å². The molecule has 0 radical (unpaired) electrons. The van der Waals surface area contributed by atoms with Crippen molar-refractivity contribution in [3.63, 3.8) is 0 Å². The topological polar surface area (TPSA) is 88.4 Å². The molecule has 0 unspecified atom stereocenters. The van der Waals surface area contributed by atoms with Crippen molar-refractivity contribution in [2.75, 3.05) is 11.9 Å². The Hall–Kier alpha value is -4.26. The second kappa shape index (κ2) is 9.26. The van der Waals surface area contributed by atoms with Gasteiger partial charge >= 0.3 is 0 Å². The number of rotatable bonds is 6. The number of benzene rings is 3. The minimum atomic E-state index is -0.223. The van der Waals surface area contributed by atoms with Crippen LogP contribution in [0, 0.1) is 13.8 Å². The zero-order valence-electron chi connectivity index (χ0n) is 17.9. The smallest absolute Gasteiger partial charge is 0.265 e. The van der Waals surface area contributed by atoms with Gasteiger partial charge in [0.2, 0.25) is 5.91 Å². The lowest BCUT2D eigenvalue weighted by Gasteiger charge is -2.12. The van der Waals surface area contributed by atoms with Gasteiger partial charge in [0.25, 0.3) is 5.56 Å². The van der Waals surface area contributed by atoms with Crippen LogP contribution in [0.4, 0.5) is 5.69 Å². The predicted octanol–water partition coefficient (Wildman–Crippen LogP) is 3.56. The molecule has 1 aromatic heterocycles. The first-order chi connectivity index (χ1) is 15.5. The number of carbonyl (C=O) groups excluding carboxylic acids is 1. The molecule has 0 fully saturated rings. The molecule has 32 heavy (non-hydrogen) atoms. The monoisotopic (exact) mass is 425 g/mol. The van der Waals surface area contributed by atoms with Gasteiger partial charge in [-0.25, -0.2) is 4.98 Å². The Morgan fingerprint density at radius 2 is 1.72 bits per heavy atom. The molecule has 3 aromatic carbocycles. The first-order valence-electron chi connectivity index (χ1n) is 10.2. The van der Waals surface area contributed by atoms with Crippen LogP contribution in [0.25, 0.3) is 16.6 Å². The van der Waals surface area contributed by atoms with Crippen LogP contribution in [0.2, 0.25) is 0 Å². The highest BCUT2D eigenvalue weighted by atomic mass is 16.2. The molecule has 0 aliphatic heterocycles. The van der Waals surface area contributed by atoms with Gasteiger partial charge in [0.15, 0.2) is 0 Å². The molecule has 0 aliphatic rings. The number of nitrogens with one attached hydrogen (secondary N) is 2. The number of aromatic nitrogens is 2. The van der Waals surface area contributed by atoms with Crippen LogP contribution < -0.4 is 16.3 Å². The van der Waals surface area contributed by atoms with Crippen molar-refractivity contribution in [2.45, 2.75) is 13.8 Å². The number of carbonyl (C=O) groups is 1. The van der Waals surface area contributed by atoms with E-state index in [1.54, 1.807) is 48.0 Å². The summed E-state index contributed by atoms with van der Waals surface area (Å²) in [6.45, 7) is 3.86. The van der Waals surface area contributed by atoms with Gasteiger partial charge in [-0.1, -0.05) is 42.0 Å². The zero-order chi connectivity index (χ0) is 22.5. The number of hydrogen-bond donors (Lipinski definition) is 2. The normalized spacial score (nSPS) is 11.1. The predicted molar refractivity (Wildman–Crippen MR) is 127 cm³/mol. The van der Waals surface area contributed by atoms with E-state index < -0.39 is 0 Å². The van der Waals surface area contributed by atoms with E-state index in [-0.39, 0.29) is 18.0 Å². The second-order valence-electron chi connectivity index (χ2n) is 7.42. The molecule has 0 aliphatic carbocycles. The molecule has 0 saturated heterocycles. The number of hydrogen-bond acceptors (Lipinski definition) is 5. The molecule has 1 amide bonds. The fraction of sp³-hybridized carbons (Fsp3) is 0.120. The van der Waals surface area contributed by atoms with Crippen LogP contribution in [0.3, 0.4) is 0 Å². The van der Waals surface area contributed by atoms with E-state index in [1.807, 2.05) is 49.4 Å². The lowest BCUT2D eigenvalue weighted by atomic mass is 10.2. The zero-order valence-corrected chi connectivity index (χ0v) is 17.9. The van der Waals surface area contributed by atoms with Crippen molar-refractivity contribution >= 4 is 28.7 Å². The molecular weight excluding hydrogens is 402 g/mol. The summed E-state index contributed by atoms with van der Waals surface area (Å²) in [6.07, 6.45) is 1.67. The van der Waals surface area contributed by atoms with E-state index >= 15 is 0 Å². The van der Waals surface area contributed by atoms with Crippen molar-refractivity contribution in [2.24, 2.45) is 5.10 Å². The van der Waals surface area contributed by atoms with Crippen molar-refractivity contribution in [3.8, 4) is 5.69 Å². The van der Waals surface area contributed by atoms with Gasteiger partial charge in [-0.2, -0.15) is 5.10 Å². The highest BCUT2D eigenvalue weighted by Gasteiger charge is 2.10. The van der Waals surface area contributed by atoms with Crippen molar-refractivity contribution in [1.82, 2.24) is 15.0 Å². The maximum Gasteiger partial charge on any atom is 0.265 e. The Kier molecular flexibility index (Phi) is 6.07. The van der Waals surface area contributed by atoms with Gasteiger partial charge < -0.3 is 10.7 Å². The number of hydrazone groups is 1. The number of fused-ring (bicyclic) bond motifs is 1. The Labute approximate surface area is 185 Å². The van der Waals surface area contributed by atoms with Gasteiger partial charge in [-0.3, -0.25) is 14.2 Å². The maximum atomic E-state index is 12.9. The Bertz CT molecular complexity index is 1340. The number of nitrogens with zero attached hydrogens (tertiary/aromatic N) is 3. The van der Waals surface area contributed by atoms with E-state index in [0.29, 0.717) is 28.1 Å². The number of para-hydroxylation sites is 1. The largest absolute Gasteiger partial charge is 0.325 e. The maximum absolute atomic E-state index is 12.9. The number of anilines is 1. The molecule has 2 N–H and O–H groups in total. The SMILES string of the molecule is Cc1ccc(/C=N/NCC(=O)Nc2ccc(-n3c(C)nc4ccccc4c3=O)cc2)cc1. The average Bonchev–Trinajstić information content (AvgIpc) is 2.79. The van der Waals surface area contributed by atoms with Crippen LogP contribution in [0.15, 0.2) is 82.7 Å². The lowest BCUT2D eigenvalue weighted by Crippen LogP contribution is -2.25. The Morgan fingerprint density at radius 1 is 1.00 bits per heavy atom. The molecule has 7 heteroatoms. The molecule has 4 rings (SSSR count). The standard InChI is InChI=1S/C25H23N5O2/c1-17-7-9-19(10-8-17)15-26-27-16-24(31)29-20-11-13-21(14-12-20)30-18(2)28-23-6-4-3-5-22(23)25(30)32/h3-15,27H,16H2,1-2H3,(H,29,31)/b26-15+. The Morgan fingerprint density at radius 3 is 2.47 bits per heavy atom. The van der Waals surface area contributed by atoms with Crippen LogP contribution in [-0.2, 0) is 4.79 Å². The first kappa shape index (κ1) is 21.0. The fourth-order valence-electron chi connectivity index (χ4n) is 3.34. The fourth-order valence-corrected chi connectivity index (χ4v) is 3.34. The third kappa shape index (κ3) is 4.73. The van der Waals surface area contributed by atoms with Crippen molar-refractivity contribution in [1.29, 1.82) is 0 Å². The Balaban J connectivity index is 1.40. The van der Waals surface area contributed by atoms with Gasteiger partial charge in [0.1, 0.15) is 12.4 Å².